The van der Waals surface area contributed by atoms with Crippen molar-refractivity contribution in [3.8, 4) is 6.07 Å². The molecule has 1 aliphatic carbocycles. The van der Waals surface area contributed by atoms with Crippen molar-refractivity contribution < 1.29 is 0 Å². The standard InChI is InChI=1S/C14H24N2/c1-12-11-13-7-3-4-8-14(13)16(12)10-6-2-5-9-15/h12-14H,2-8,10-11H2,1H3. The lowest BCUT2D eigenvalue weighted by atomic mass is 9.85. The Hall–Kier alpha value is -0.550. The molecule has 2 rings (SSSR count). The maximum Gasteiger partial charge on any atom is 0.0621 e. The van der Waals surface area contributed by atoms with E-state index in [0.29, 0.717) is 0 Å². The summed E-state index contributed by atoms with van der Waals surface area (Å²) in [7, 11) is 0. The molecule has 0 aromatic heterocycles. The smallest absolute Gasteiger partial charge is 0.0621 e. The number of likely N-dealkylation sites (tertiary alicyclic amines) is 1. The predicted octanol–water partition coefficient (Wildman–Crippen LogP) is 3.33. The molecule has 2 aliphatic rings. The highest BCUT2D eigenvalue weighted by atomic mass is 15.2. The van der Waals surface area contributed by atoms with Gasteiger partial charge >= 0.3 is 0 Å². The number of fused-ring (bicyclic) bond motifs is 1. The second-order valence-electron chi connectivity index (χ2n) is 5.55. The van der Waals surface area contributed by atoms with Crippen LogP contribution in [0, 0.1) is 17.2 Å². The fourth-order valence-corrected chi connectivity index (χ4v) is 3.68. The van der Waals surface area contributed by atoms with Crippen molar-refractivity contribution in [2.24, 2.45) is 5.92 Å². The molecule has 0 amide bonds. The molecule has 16 heavy (non-hydrogen) atoms. The van der Waals surface area contributed by atoms with Crippen LogP contribution in [0.3, 0.4) is 0 Å². The Labute approximate surface area is 99.6 Å². The third-order valence-corrected chi connectivity index (χ3v) is 4.46. The highest BCUT2D eigenvalue weighted by Crippen LogP contribution is 2.39. The van der Waals surface area contributed by atoms with Gasteiger partial charge in [-0.15, -0.1) is 0 Å². The Morgan fingerprint density at radius 1 is 1.25 bits per heavy atom. The number of hydrogen-bond acceptors (Lipinski definition) is 2. The third-order valence-electron chi connectivity index (χ3n) is 4.46. The summed E-state index contributed by atoms with van der Waals surface area (Å²) in [6.45, 7) is 3.62. The molecule has 0 radical (unpaired) electrons. The zero-order valence-corrected chi connectivity index (χ0v) is 10.5. The van der Waals surface area contributed by atoms with E-state index in [9.17, 15) is 0 Å². The van der Waals surface area contributed by atoms with Crippen LogP contribution in [-0.2, 0) is 0 Å². The molecule has 0 N–H and O–H groups in total. The summed E-state index contributed by atoms with van der Waals surface area (Å²) in [4.78, 5) is 2.74. The summed E-state index contributed by atoms with van der Waals surface area (Å²) in [6, 6.07) is 3.91. The lowest BCUT2D eigenvalue weighted by molar-refractivity contribution is 0.154. The fourth-order valence-electron chi connectivity index (χ4n) is 3.68. The molecule has 0 aromatic rings. The summed E-state index contributed by atoms with van der Waals surface area (Å²) < 4.78 is 0. The van der Waals surface area contributed by atoms with Gasteiger partial charge in [-0.1, -0.05) is 12.8 Å². The topological polar surface area (TPSA) is 27.0 Å². The van der Waals surface area contributed by atoms with E-state index >= 15 is 0 Å². The van der Waals surface area contributed by atoms with Gasteiger partial charge in [0.2, 0.25) is 0 Å². The van der Waals surface area contributed by atoms with E-state index in [1.807, 2.05) is 0 Å². The summed E-state index contributed by atoms with van der Waals surface area (Å²) in [5.41, 5.74) is 0. The Kier molecular flexibility index (Phi) is 4.23. The average Bonchev–Trinajstić information content (AvgIpc) is 2.61. The van der Waals surface area contributed by atoms with Crippen LogP contribution in [-0.4, -0.2) is 23.5 Å². The maximum atomic E-state index is 8.53. The Balaban J connectivity index is 1.81. The van der Waals surface area contributed by atoms with Gasteiger partial charge in [0, 0.05) is 18.5 Å². The van der Waals surface area contributed by atoms with Gasteiger partial charge in [-0.25, -0.2) is 0 Å². The zero-order chi connectivity index (χ0) is 11.4. The van der Waals surface area contributed by atoms with Crippen LogP contribution in [0.25, 0.3) is 0 Å². The molecular formula is C14H24N2. The summed E-state index contributed by atoms with van der Waals surface area (Å²) >= 11 is 0. The number of unbranched alkanes of at least 4 members (excludes halogenated alkanes) is 2. The van der Waals surface area contributed by atoms with Gasteiger partial charge in [-0.2, -0.15) is 5.26 Å². The summed E-state index contributed by atoms with van der Waals surface area (Å²) in [5.74, 6) is 0.986. The van der Waals surface area contributed by atoms with E-state index in [4.69, 9.17) is 5.26 Å². The number of rotatable bonds is 4. The molecule has 0 spiro atoms. The molecule has 0 bridgehead atoms. The van der Waals surface area contributed by atoms with E-state index in [1.54, 1.807) is 0 Å². The van der Waals surface area contributed by atoms with Crippen molar-refractivity contribution in [3.05, 3.63) is 0 Å². The third kappa shape index (κ3) is 2.58. The first-order valence-electron chi connectivity index (χ1n) is 6.95. The number of hydrogen-bond donors (Lipinski definition) is 0. The number of nitriles is 1. The average molecular weight is 220 g/mol. The van der Waals surface area contributed by atoms with Gasteiger partial charge in [0.1, 0.15) is 0 Å². The normalized spacial score (nSPS) is 34.6. The lowest BCUT2D eigenvalue weighted by Crippen LogP contribution is -2.38. The minimum atomic E-state index is 0.732. The Morgan fingerprint density at radius 3 is 2.88 bits per heavy atom. The quantitative estimate of drug-likeness (QED) is 0.679. The molecule has 90 valence electrons. The molecule has 0 aromatic carbocycles. The molecule has 2 nitrogen and oxygen atoms in total. The van der Waals surface area contributed by atoms with Crippen molar-refractivity contribution in [1.82, 2.24) is 4.90 Å². The zero-order valence-electron chi connectivity index (χ0n) is 10.5. The molecule has 1 saturated heterocycles. The monoisotopic (exact) mass is 220 g/mol. The van der Waals surface area contributed by atoms with Crippen molar-refractivity contribution in [2.75, 3.05) is 6.54 Å². The van der Waals surface area contributed by atoms with Gasteiger partial charge in [-0.05, 0) is 51.5 Å². The predicted molar refractivity (Wildman–Crippen MR) is 66.0 cm³/mol. The van der Waals surface area contributed by atoms with E-state index < -0.39 is 0 Å². The van der Waals surface area contributed by atoms with E-state index in [1.165, 1.54) is 45.1 Å². The van der Waals surface area contributed by atoms with Gasteiger partial charge < -0.3 is 0 Å². The van der Waals surface area contributed by atoms with E-state index in [2.05, 4.69) is 17.9 Å². The van der Waals surface area contributed by atoms with Gasteiger partial charge in [0.05, 0.1) is 6.07 Å². The summed E-state index contributed by atoms with van der Waals surface area (Å²) in [5, 5.41) is 8.53. The van der Waals surface area contributed by atoms with Crippen molar-refractivity contribution in [2.45, 2.75) is 70.4 Å². The minimum Gasteiger partial charge on any atom is -0.297 e. The first-order valence-corrected chi connectivity index (χ1v) is 6.95. The Bertz CT molecular complexity index is 256. The second kappa shape index (κ2) is 5.68. The maximum absolute atomic E-state index is 8.53. The lowest BCUT2D eigenvalue weighted by Gasteiger charge is -2.33. The van der Waals surface area contributed by atoms with Crippen LogP contribution in [0.2, 0.25) is 0 Å². The number of nitrogens with zero attached hydrogens (tertiary/aromatic N) is 2. The molecule has 3 unspecified atom stereocenters. The van der Waals surface area contributed by atoms with Crippen LogP contribution >= 0.6 is 0 Å². The highest BCUT2D eigenvalue weighted by Gasteiger charge is 2.39. The van der Waals surface area contributed by atoms with Gasteiger partial charge in [0.25, 0.3) is 0 Å². The Morgan fingerprint density at radius 2 is 2.06 bits per heavy atom. The first kappa shape index (κ1) is 11.9. The molecule has 1 saturated carbocycles. The van der Waals surface area contributed by atoms with Crippen LogP contribution < -0.4 is 0 Å². The molecule has 1 aliphatic heterocycles. The SMILES string of the molecule is CC1CC2CCCCC2N1CCCCC#N. The minimum absolute atomic E-state index is 0.732. The van der Waals surface area contributed by atoms with E-state index in [-0.39, 0.29) is 0 Å². The van der Waals surface area contributed by atoms with Crippen molar-refractivity contribution >= 4 is 0 Å². The van der Waals surface area contributed by atoms with Crippen LogP contribution in [0.15, 0.2) is 0 Å². The fraction of sp³-hybridized carbons (Fsp3) is 0.929. The summed E-state index contributed by atoms with van der Waals surface area (Å²) in [6.07, 6.45) is 10.2. The van der Waals surface area contributed by atoms with Crippen LogP contribution in [0.4, 0.5) is 0 Å². The molecule has 2 fully saturated rings. The molecule has 2 heteroatoms. The van der Waals surface area contributed by atoms with Gasteiger partial charge in [-0.3, -0.25) is 4.90 Å². The first-order chi connectivity index (χ1) is 7.83. The van der Waals surface area contributed by atoms with Crippen LogP contribution in [0.5, 0.6) is 0 Å². The van der Waals surface area contributed by atoms with Crippen LogP contribution in [0.1, 0.15) is 58.3 Å². The van der Waals surface area contributed by atoms with Crippen molar-refractivity contribution in [1.29, 1.82) is 5.26 Å². The highest BCUT2D eigenvalue weighted by molar-refractivity contribution is 4.93. The van der Waals surface area contributed by atoms with Crippen molar-refractivity contribution in [3.63, 3.8) is 0 Å². The molecular weight excluding hydrogens is 196 g/mol. The van der Waals surface area contributed by atoms with Gasteiger partial charge in [0.15, 0.2) is 0 Å². The van der Waals surface area contributed by atoms with E-state index in [0.717, 1.165) is 30.8 Å². The second-order valence-corrected chi connectivity index (χ2v) is 5.55. The molecule has 3 atom stereocenters. The largest absolute Gasteiger partial charge is 0.297 e. The molecule has 1 heterocycles.